The topological polar surface area (TPSA) is 89.5 Å². The Labute approximate surface area is 201 Å². The van der Waals surface area contributed by atoms with Crippen molar-refractivity contribution in [2.75, 3.05) is 20.3 Å². The molecule has 2 unspecified atom stereocenters. The molecule has 0 aliphatic heterocycles. The fourth-order valence-corrected chi connectivity index (χ4v) is 3.63. The minimum absolute atomic E-state index is 0.0352. The van der Waals surface area contributed by atoms with E-state index in [1.165, 1.54) is 36.4 Å². The van der Waals surface area contributed by atoms with Crippen molar-refractivity contribution in [3.8, 4) is 17.2 Å². The van der Waals surface area contributed by atoms with Crippen LogP contribution in [0.15, 0.2) is 60.4 Å². The van der Waals surface area contributed by atoms with E-state index in [4.69, 9.17) is 27.8 Å². The molecule has 0 aromatic heterocycles. The summed E-state index contributed by atoms with van der Waals surface area (Å²) in [6.07, 6.45) is -4.36. The number of phosphoric ester groups is 1. The molecule has 2 atom stereocenters. The predicted octanol–water partition coefficient (Wildman–Crippen LogP) is 6.52. The highest BCUT2D eigenvalue weighted by molar-refractivity contribution is 7.48. The number of phosphoric acid groups is 1. The second-order valence-electron chi connectivity index (χ2n) is 6.79. The average molecular weight is 518 g/mol. The first-order chi connectivity index (χ1) is 16.5. The smallest absolute Gasteiger partial charge is 0.483 e. The molecule has 0 fully saturated rings. The van der Waals surface area contributed by atoms with Gasteiger partial charge in [-0.15, -0.1) is 0 Å². The molecule has 0 amide bonds. The van der Waals surface area contributed by atoms with Crippen LogP contribution in [0.2, 0.25) is 0 Å². The summed E-state index contributed by atoms with van der Waals surface area (Å²) < 4.78 is 82.1. The molecule has 8 nitrogen and oxygen atoms in total. The van der Waals surface area contributed by atoms with Crippen LogP contribution in [0.3, 0.4) is 0 Å². The third kappa shape index (κ3) is 8.93. The van der Waals surface area contributed by atoms with Gasteiger partial charge in [0.05, 0.1) is 24.9 Å². The van der Waals surface area contributed by atoms with Gasteiger partial charge in [-0.2, -0.15) is 13.2 Å². The normalized spacial score (nSPS) is 14.5. The lowest BCUT2D eigenvalue weighted by molar-refractivity contribution is -0.138. The van der Waals surface area contributed by atoms with E-state index < -0.39 is 31.6 Å². The second-order valence-corrected chi connectivity index (χ2v) is 8.49. The van der Waals surface area contributed by atoms with Gasteiger partial charge in [0, 0.05) is 7.11 Å². The molecule has 2 aromatic rings. The summed E-state index contributed by atoms with van der Waals surface area (Å²) >= 11 is 0. The highest BCUT2D eigenvalue weighted by Gasteiger charge is 2.31. The summed E-state index contributed by atoms with van der Waals surface area (Å²) in [4.78, 5) is 12.0. The maximum absolute atomic E-state index is 12.7. The molecule has 0 radical (unpaired) electrons. The molecule has 0 spiro atoms. The number of benzene rings is 2. The highest BCUT2D eigenvalue weighted by Crippen LogP contribution is 2.51. The molecule has 12 heteroatoms. The van der Waals surface area contributed by atoms with Crippen LogP contribution >= 0.6 is 7.82 Å². The molecule has 35 heavy (non-hydrogen) atoms. The van der Waals surface area contributed by atoms with E-state index in [0.717, 1.165) is 25.3 Å². The SMILES string of the molecule is CCOC(=O)/C=C(\OP(=O)(OC)OCC)C(C)Oc1ccc(Oc2ccc(C(F)(F)F)cc2)cc1. The lowest BCUT2D eigenvalue weighted by Gasteiger charge is -2.22. The van der Waals surface area contributed by atoms with Crippen LogP contribution in [0.4, 0.5) is 13.2 Å². The van der Waals surface area contributed by atoms with Gasteiger partial charge < -0.3 is 18.7 Å². The van der Waals surface area contributed by atoms with E-state index in [2.05, 4.69) is 0 Å². The Hall–Kier alpha value is -3.01. The molecule has 0 aliphatic rings. The van der Waals surface area contributed by atoms with Gasteiger partial charge in [0.15, 0.2) is 11.9 Å². The van der Waals surface area contributed by atoms with Gasteiger partial charge in [0.2, 0.25) is 0 Å². The minimum atomic E-state index is -4.43. The molecule has 192 valence electrons. The van der Waals surface area contributed by atoms with Crippen molar-refractivity contribution in [2.24, 2.45) is 0 Å². The summed E-state index contributed by atoms with van der Waals surface area (Å²) in [5.41, 5.74) is -0.779. The summed E-state index contributed by atoms with van der Waals surface area (Å²) in [5, 5.41) is 0. The number of hydrogen-bond acceptors (Lipinski definition) is 8. The summed E-state index contributed by atoms with van der Waals surface area (Å²) in [6.45, 7) is 4.92. The predicted molar refractivity (Wildman–Crippen MR) is 120 cm³/mol. The van der Waals surface area contributed by atoms with Crippen molar-refractivity contribution in [2.45, 2.75) is 33.1 Å². The summed E-state index contributed by atoms with van der Waals surface area (Å²) in [6, 6.07) is 10.4. The summed E-state index contributed by atoms with van der Waals surface area (Å²) in [7, 11) is -2.86. The molecule has 0 bridgehead atoms. The molecule has 0 heterocycles. The van der Waals surface area contributed by atoms with E-state index in [-0.39, 0.29) is 24.7 Å². The molecular formula is C23H26F3O8P. The standard InChI is InChI=1S/C23H26F3O8P/c1-5-30-22(27)15-21(34-35(28,29-4)31-6-2)16(3)32-18-11-13-20(14-12-18)33-19-9-7-17(8-10-19)23(24,25)26/h7-16H,5-6H2,1-4H3/b21-15-. The van der Waals surface area contributed by atoms with Gasteiger partial charge in [-0.25, -0.2) is 9.36 Å². The molecular weight excluding hydrogens is 492 g/mol. The Kier molecular flexibility index (Phi) is 10.2. The van der Waals surface area contributed by atoms with Crippen molar-refractivity contribution in [3.05, 3.63) is 65.9 Å². The third-order valence-electron chi connectivity index (χ3n) is 4.23. The van der Waals surface area contributed by atoms with Crippen LogP contribution in [-0.2, 0) is 33.8 Å². The van der Waals surface area contributed by atoms with Crippen LogP contribution in [-0.4, -0.2) is 32.4 Å². The van der Waals surface area contributed by atoms with Gasteiger partial charge in [-0.3, -0.25) is 9.05 Å². The van der Waals surface area contributed by atoms with Crippen LogP contribution in [0.5, 0.6) is 17.2 Å². The first kappa shape index (κ1) is 28.2. The van der Waals surface area contributed by atoms with Gasteiger partial charge in [-0.1, -0.05) is 0 Å². The van der Waals surface area contributed by atoms with E-state index in [9.17, 15) is 22.5 Å². The van der Waals surface area contributed by atoms with Crippen LogP contribution < -0.4 is 9.47 Å². The molecule has 0 aliphatic carbocycles. The van der Waals surface area contributed by atoms with Gasteiger partial charge >= 0.3 is 20.0 Å². The molecule has 0 saturated carbocycles. The van der Waals surface area contributed by atoms with Gasteiger partial charge in [0.1, 0.15) is 17.2 Å². The number of alkyl halides is 3. The Morgan fingerprint density at radius 2 is 1.51 bits per heavy atom. The van der Waals surface area contributed by atoms with Gasteiger partial charge in [-0.05, 0) is 69.3 Å². The largest absolute Gasteiger partial charge is 0.529 e. The first-order valence-electron chi connectivity index (χ1n) is 10.5. The number of esters is 1. The number of ether oxygens (including phenoxy) is 3. The minimum Gasteiger partial charge on any atom is -0.483 e. The Morgan fingerprint density at radius 3 is 2.00 bits per heavy atom. The zero-order valence-electron chi connectivity index (χ0n) is 19.5. The van der Waals surface area contributed by atoms with Crippen LogP contribution in [0, 0.1) is 0 Å². The monoisotopic (exact) mass is 518 g/mol. The lowest BCUT2D eigenvalue weighted by Crippen LogP contribution is -2.19. The maximum atomic E-state index is 12.7. The number of hydrogen-bond donors (Lipinski definition) is 0. The quantitative estimate of drug-likeness (QED) is 0.136. The average Bonchev–Trinajstić information content (AvgIpc) is 2.80. The van der Waals surface area contributed by atoms with Crippen molar-refractivity contribution < 1.29 is 50.3 Å². The van der Waals surface area contributed by atoms with Crippen molar-refractivity contribution in [1.82, 2.24) is 0 Å². The molecule has 2 aromatic carbocycles. The van der Waals surface area contributed by atoms with Crippen molar-refractivity contribution in [1.29, 1.82) is 0 Å². The third-order valence-corrected chi connectivity index (χ3v) is 5.69. The number of rotatable bonds is 12. The van der Waals surface area contributed by atoms with Gasteiger partial charge in [0.25, 0.3) is 0 Å². The number of carbonyl (C=O) groups is 1. The fourth-order valence-electron chi connectivity index (χ4n) is 2.62. The summed E-state index contributed by atoms with van der Waals surface area (Å²) in [5.74, 6) is 0.0201. The second kappa shape index (κ2) is 12.6. The Balaban J connectivity index is 2.12. The Morgan fingerprint density at radius 1 is 0.971 bits per heavy atom. The zero-order valence-corrected chi connectivity index (χ0v) is 20.4. The van der Waals surface area contributed by atoms with E-state index in [1.54, 1.807) is 20.8 Å². The highest BCUT2D eigenvalue weighted by atomic mass is 31.2. The maximum Gasteiger partial charge on any atom is 0.529 e. The van der Waals surface area contributed by atoms with E-state index >= 15 is 0 Å². The Bertz CT molecular complexity index is 1040. The van der Waals surface area contributed by atoms with Crippen LogP contribution in [0.1, 0.15) is 26.3 Å². The first-order valence-corrected chi connectivity index (χ1v) is 12.0. The molecule has 0 N–H and O–H groups in total. The van der Waals surface area contributed by atoms with E-state index in [0.29, 0.717) is 11.5 Å². The molecule has 0 saturated heterocycles. The lowest BCUT2D eigenvalue weighted by atomic mass is 10.2. The van der Waals surface area contributed by atoms with Crippen LogP contribution in [0.25, 0.3) is 0 Å². The molecule has 2 rings (SSSR count). The van der Waals surface area contributed by atoms with Crippen molar-refractivity contribution in [3.63, 3.8) is 0 Å². The zero-order chi connectivity index (χ0) is 26.1. The number of carbonyl (C=O) groups excluding carboxylic acids is 1. The fraction of sp³-hybridized carbons (Fsp3) is 0.348. The van der Waals surface area contributed by atoms with Crippen molar-refractivity contribution >= 4 is 13.8 Å². The van der Waals surface area contributed by atoms with E-state index in [1.807, 2.05) is 0 Å². The number of halogens is 3.